The van der Waals surface area contributed by atoms with Gasteiger partial charge in [-0.1, -0.05) is 31.2 Å². The van der Waals surface area contributed by atoms with Crippen LogP contribution >= 0.6 is 0 Å². The summed E-state index contributed by atoms with van der Waals surface area (Å²) in [5.41, 5.74) is 7.22. The summed E-state index contributed by atoms with van der Waals surface area (Å²) in [5, 5.41) is 0. The molecule has 0 aliphatic heterocycles. The van der Waals surface area contributed by atoms with Crippen LogP contribution in [0.15, 0.2) is 18.7 Å². The normalized spacial score (nSPS) is 19.8. The van der Waals surface area contributed by atoms with Crippen molar-refractivity contribution in [1.82, 2.24) is 0 Å². The van der Waals surface area contributed by atoms with E-state index in [-0.39, 0.29) is 0 Å². The Morgan fingerprint density at radius 3 is 2.73 bits per heavy atom. The highest BCUT2D eigenvalue weighted by molar-refractivity contribution is 5.67. The van der Waals surface area contributed by atoms with Gasteiger partial charge < -0.3 is 0 Å². The van der Waals surface area contributed by atoms with Crippen molar-refractivity contribution in [2.24, 2.45) is 5.92 Å². The van der Waals surface area contributed by atoms with Crippen molar-refractivity contribution in [3.05, 3.63) is 41.0 Å². The Morgan fingerprint density at radius 2 is 2.07 bits per heavy atom. The zero-order chi connectivity index (χ0) is 11.0. The summed E-state index contributed by atoms with van der Waals surface area (Å²) >= 11 is 0. The fourth-order valence-corrected chi connectivity index (χ4v) is 2.63. The van der Waals surface area contributed by atoms with E-state index >= 15 is 0 Å². The third kappa shape index (κ3) is 1.86. The summed E-state index contributed by atoms with van der Waals surface area (Å²) in [7, 11) is 0. The minimum absolute atomic E-state index is 0.831. The fourth-order valence-electron chi connectivity index (χ4n) is 2.63. The number of allylic oxidation sites excluding steroid dienone is 1. The molecule has 0 heterocycles. The van der Waals surface area contributed by atoms with E-state index in [9.17, 15) is 0 Å². The first-order chi connectivity index (χ1) is 7.09. The molecule has 0 spiro atoms. The first-order valence-corrected chi connectivity index (χ1v) is 5.87. The van der Waals surface area contributed by atoms with Crippen molar-refractivity contribution < 1.29 is 0 Å². The van der Waals surface area contributed by atoms with E-state index in [2.05, 4.69) is 39.5 Å². The lowest BCUT2D eigenvalue weighted by Gasteiger charge is -2.26. The molecule has 0 unspecified atom stereocenters. The van der Waals surface area contributed by atoms with Gasteiger partial charge in [-0.05, 0) is 61.3 Å². The van der Waals surface area contributed by atoms with Crippen LogP contribution in [0.25, 0.3) is 5.57 Å². The van der Waals surface area contributed by atoms with Crippen LogP contribution in [0.3, 0.4) is 0 Å². The average Bonchev–Trinajstić information content (AvgIpc) is 2.17. The molecule has 1 atom stereocenters. The maximum Gasteiger partial charge on any atom is -0.0198 e. The van der Waals surface area contributed by atoms with Crippen molar-refractivity contribution in [3.8, 4) is 0 Å². The standard InChI is InChI=1S/C15H20/c1-10(2)13-8-6-12(4)14-7-5-11(3)9-15(13)14/h6,8,11H,1,5,7,9H2,2-4H3/t11-/m0/s1. The van der Waals surface area contributed by atoms with Crippen molar-refractivity contribution in [3.63, 3.8) is 0 Å². The van der Waals surface area contributed by atoms with E-state index in [0.717, 1.165) is 5.92 Å². The molecule has 0 aromatic heterocycles. The van der Waals surface area contributed by atoms with Crippen molar-refractivity contribution in [2.45, 2.75) is 40.0 Å². The molecule has 1 aromatic rings. The zero-order valence-corrected chi connectivity index (χ0v) is 10.1. The summed E-state index contributed by atoms with van der Waals surface area (Å²) in [6, 6.07) is 4.49. The molecule has 15 heavy (non-hydrogen) atoms. The third-order valence-electron chi connectivity index (χ3n) is 3.56. The molecule has 0 saturated carbocycles. The van der Waals surface area contributed by atoms with Crippen LogP contribution in [0.1, 0.15) is 42.5 Å². The number of rotatable bonds is 1. The predicted octanol–water partition coefficient (Wildman–Crippen LogP) is 4.15. The third-order valence-corrected chi connectivity index (χ3v) is 3.56. The number of aryl methyl sites for hydroxylation is 1. The first-order valence-electron chi connectivity index (χ1n) is 5.87. The summed E-state index contributed by atoms with van der Waals surface area (Å²) in [4.78, 5) is 0. The molecule has 0 fully saturated rings. The molecule has 0 nitrogen and oxygen atoms in total. The smallest absolute Gasteiger partial charge is 0.0198 e. The van der Waals surface area contributed by atoms with Crippen molar-refractivity contribution in [1.29, 1.82) is 0 Å². The van der Waals surface area contributed by atoms with Gasteiger partial charge in [-0.2, -0.15) is 0 Å². The molecule has 0 heteroatoms. The van der Waals surface area contributed by atoms with E-state index < -0.39 is 0 Å². The highest BCUT2D eigenvalue weighted by Gasteiger charge is 2.19. The van der Waals surface area contributed by atoms with E-state index in [1.54, 1.807) is 11.1 Å². The number of benzene rings is 1. The highest BCUT2D eigenvalue weighted by Crippen LogP contribution is 2.32. The Hall–Kier alpha value is -1.04. The zero-order valence-electron chi connectivity index (χ0n) is 10.1. The Bertz CT molecular complexity index is 399. The fraction of sp³-hybridized carbons (Fsp3) is 0.467. The van der Waals surface area contributed by atoms with Gasteiger partial charge in [0.1, 0.15) is 0 Å². The lowest BCUT2D eigenvalue weighted by Crippen LogP contribution is -2.14. The van der Waals surface area contributed by atoms with Crippen LogP contribution < -0.4 is 0 Å². The molecular weight excluding hydrogens is 180 g/mol. The summed E-state index contributed by atoms with van der Waals surface area (Å²) in [6.45, 7) is 10.8. The first kappa shape index (κ1) is 10.5. The van der Waals surface area contributed by atoms with Crippen molar-refractivity contribution in [2.75, 3.05) is 0 Å². The van der Waals surface area contributed by atoms with Gasteiger partial charge in [-0.25, -0.2) is 0 Å². The Balaban J connectivity index is 2.56. The summed E-state index contributed by atoms with van der Waals surface area (Å²) < 4.78 is 0. The Morgan fingerprint density at radius 1 is 1.33 bits per heavy atom. The molecule has 1 aliphatic rings. The molecule has 1 aromatic carbocycles. The van der Waals surface area contributed by atoms with Gasteiger partial charge in [0.15, 0.2) is 0 Å². The molecule has 0 radical (unpaired) electrons. The van der Waals surface area contributed by atoms with E-state index in [0.29, 0.717) is 0 Å². The van der Waals surface area contributed by atoms with E-state index in [1.165, 1.54) is 36.0 Å². The molecule has 0 N–H and O–H groups in total. The van der Waals surface area contributed by atoms with Gasteiger partial charge in [0.25, 0.3) is 0 Å². The second-order valence-electron chi connectivity index (χ2n) is 5.02. The number of fused-ring (bicyclic) bond motifs is 1. The van der Waals surface area contributed by atoms with E-state index in [1.807, 2.05) is 0 Å². The molecule has 0 saturated heterocycles. The maximum absolute atomic E-state index is 4.09. The van der Waals surface area contributed by atoms with Gasteiger partial charge in [-0.3, -0.25) is 0 Å². The van der Waals surface area contributed by atoms with Crippen LogP contribution in [0.4, 0.5) is 0 Å². The molecule has 80 valence electrons. The molecule has 0 bridgehead atoms. The molecule has 0 amide bonds. The summed E-state index contributed by atoms with van der Waals surface area (Å²) in [5.74, 6) is 0.831. The van der Waals surface area contributed by atoms with Crippen LogP contribution in [0, 0.1) is 12.8 Å². The van der Waals surface area contributed by atoms with Gasteiger partial charge in [-0.15, -0.1) is 0 Å². The number of hydrogen-bond donors (Lipinski definition) is 0. The molecular formula is C15H20. The molecule has 1 aliphatic carbocycles. The monoisotopic (exact) mass is 200 g/mol. The largest absolute Gasteiger partial charge is 0.0955 e. The second-order valence-corrected chi connectivity index (χ2v) is 5.02. The SMILES string of the molecule is C=C(C)c1ccc(C)c2c1C[C@@H](C)CC2. The topological polar surface area (TPSA) is 0 Å². The van der Waals surface area contributed by atoms with Gasteiger partial charge >= 0.3 is 0 Å². The molecule has 2 rings (SSSR count). The van der Waals surface area contributed by atoms with Crippen LogP contribution in [-0.4, -0.2) is 0 Å². The highest BCUT2D eigenvalue weighted by atomic mass is 14.2. The van der Waals surface area contributed by atoms with Crippen molar-refractivity contribution >= 4 is 5.57 Å². The minimum atomic E-state index is 0.831. The van der Waals surface area contributed by atoms with Gasteiger partial charge in [0.05, 0.1) is 0 Å². The summed E-state index contributed by atoms with van der Waals surface area (Å²) in [6.07, 6.45) is 3.83. The van der Waals surface area contributed by atoms with Crippen LogP contribution in [-0.2, 0) is 12.8 Å². The quantitative estimate of drug-likeness (QED) is 0.638. The lowest BCUT2D eigenvalue weighted by atomic mass is 9.79. The van der Waals surface area contributed by atoms with Crippen LogP contribution in [0.2, 0.25) is 0 Å². The second kappa shape index (κ2) is 3.84. The van der Waals surface area contributed by atoms with E-state index in [4.69, 9.17) is 0 Å². The predicted molar refractivity (Wildman–Crippen MR) is 67.1 cm³/mol. The minimum Gasteiger partial charge on any atom is -0.0955 e. The Labute approximate surface area is 93.0 Å². The van der Waals surface area contributed by atoms with Gasteiger partial charge in [0, 0.05) is 0 Å². The Kier molecular flexibility index (Phi) is 2.68. The number of hydrogen-bond acceptors (Lipinski definition) is 0. The van der Waals surface area contributed by atoms with Crippen LogP contribution in [0.5, 0.6) is 0 Å². The average molecular weight is 200 g/mol. The van der Waals surface area contributed by atoms with Gasteiger partial charge in [0.2, 0.25) is 0 Å². The lowest BCUT2D eigenvalue weighted by molar-refractivity contribution is 0.499. The maximum atomic E-state index is 4.09.